The average molecular weight is 506 g/mol. The van der Waals surface area contributed by atoms with E-state index in [2.05, 4.69) is 5.32 Å². The SMILES string of the molecule is COc1cccc(-c2nn(-c3ccccc3)cc2C(=O)Nc2cccc(Oc3ccc(C)cc3OC)c2)c1. The van der Waals surface area contributed by atoms with E-state index >= 15 is 0 Å². The van der Waals surface area contributed by atoms with Crippen LogP contribution in [0.15, 0.2) is 103 Å². The third-order valence-electron chi connectivity index (χ3n) is 5.96. The van der Waals surface area contributed by atoms with Crippen molar-refractivity contribution in [2.75, 3.05) is 19.5 Å². The highest BCUT2D eigenvalue weighted by atomic mass is 16.5. The van der Waals surface area contributed by atoms with Gasteiger partial charge in [-0.3, -0.25) is 4.79 Å². The van der Waals surface area contributed by atoms with Gasteiger partial charge in [-0.1, -0.05) is 42.5 Å². The van der Waals surface area contributed by atoms with E-state index in [-0.39, 0.29) is 5.91 Å². The van der Waals surface area contributed by atoms with Crippen molar-refractivity contribution in [1.82, 2.24) is 9.78 Å². The van der Waals surface area contributed by atoms with E-state index in [0.29, 0.717) is 39.9 Å². The zero-order valence-corrected chi connectivity index (χ0v) is 21.3. The van der Waals surface area contributed by atoms with Gasteiger partial charge in [0.05, 0.1) is 25.5 Å². The number of para-hydroxylation sites is 1. The second-order valence-corrected chi connectivity index (χ2v) is 8.64. The van der Waals surface area contributed by atoms with Crippen LogP contribution < -0.4 is 19.5 Å². The number of ether oxygens (including phenoxy) is 3. The van der Waals surface area contributed by atoms with Gasteiger partial charge in [0.25, 0.3) is 5.91 Å². The molecule has 190 valence electrons. The smallest absolute Gasteiger partial charge is 0.259 e. The third-order valence-corrected chi connectivity index (χ3v) is 5.96. The highest BCUT2D eigenvalue weighted by Gasteiger charge is 2.20. The van der Waals surface area contributed by atoms with Crippen molar-refractivity contribution in [3.8, 4) is 39.9 Å². The standard InChI is InChI=1S/C31H27N3O4/c1-21-15-16-28(29(17-21)37-3)38-26-14-8-10-23(19-26)32-31(35)27-20-34(24-11-5-4-6-12-24)33-30(27)22-9-7-13-25(18-22)36-2/h4-20H,1-3H3,(H,32,35). The Kier molecular flexibility index (Phi) is 7.08. The fourth-order valence-corrected chi connectivity index (χ4v) is 4.06. The van der Waals surface area contributed by atoms with Gasteiger partial charge in [0.2, 0.25) is 0 Å². The van der Waals surface area contributed by atoms with Crippen LogP contribution in [0.3, 0.4) is 0 Å². The fraction of sp³-hybridized carbons (Fsp3) is 0.0968. The Morgan fingerprint density at radius 1 is 0.789 bits per heavy atom. The molecule has 5 rings (SSSR count). The average Bonchev–Trinajstić information content (AvgIpc) is 3.41. The van der Waals surface area contributed by atoms with Crippen LogP contribution in [0.5, 0.6) is 23.0 Å². The molecule has 4 aromatic carbocycles. The summed E-state index contributed by atoms with van der Waals surface area (Å²) in [7, 11) is 3.21. The molecule has 1 N–H and O–H groups in total. The Bertz CT molecular complexity index is 1580. The van der Waals surface area contributed by atoms with Crippen molar-refractivity contribution in [3.63, 3.8) is 0 Å². The number of methoxy groups -OCH3 is 2. The summed E-state index contributed by atoms with van der Waals surface area (Å²) in [4.78, 5) is 13.6. The number of rotatable bonds is 8. The summed E-state index contributed by atoms with van der Waals surface area (Å²) in [6.45, 7) is 1.99. The molecule has 0 aliphatic rings. The summed E-state index contributed by atoms with van der Waals surface area (Å²) in [5, 5.41) is 7.74. The van der Waals surface area contributed by atoms with Crippen LogP contribution in [0.25, 0.3) is 16.9 Å². The minimum absolute atomic E-state index is 0.296. The van der Waals surface area contributed by atoms with Crippen LogP contribution in [0.1, 0.15) is 15.9 Å². The first-order valence-electron chi connectivity index (χ1n) is 12.1. The summed E-state index contributed by atoms with van der Waals surface area (Å²) < 4.78 is 18.6. The predicted octanol–water partition coefficient (Wildman–Crippen LogP) is 6.91. The molecule has 1 heterocycles. The maximum atomic E-state index is 13.6. The van der Waals surface area contributed by atoms with Crippen LogP contribution in [0, 0.1) is 6.92 Å². The minimum Gasteiger partial charge on any atom is -0.497 e. The Labute approximate surface area is 221 Å². The van der Waals surface area contributed by atoms with E-state index in [0.717, 1.165) is 16.8 Å². The molecule has 0 atom stereocenters. The van der Waals surface area contributed by atoms with Crippen LogP contribution in [0.4, 0.5) is 5.69 Å². The molecule has 1 aromatic heterocycles. The number of benzene rings is 4. The lowest BCUT2D eigenvalue weighted by Crippen LogP contribution is -2.12. The molecular formula is C31H27N3O4. The van der Waals surface area contributed by atoms with Gasteiger partial charge in [-0.25, -0.2) is 4.68 Å². The number of carbonyl (C=O) groups excluding carboxylic acids is 1. The Balaban J connectivity index is 1.45. The molecule has 0 aliphatic carbocycles. The number of nitrogens with one attached hydrogen (secondary N) is 1. The first-order chi connectivity index (χ1) is 18.5. The Hall–Kier alpha value is -5.04. The zero-order chi connectivity index (χ0) is 26.5. The Morgan fingerprint density at radius 3 is 2.37 bits per heavy atom. The van der Waals surface area contributed by atoms with E-state index in [4.69, 9.17) is 19.3 Å². The number of hydrogen-bond donors (Lipinski definition) is 1. The van der Waals surface area contributed by atoms with E-state index in [9.17, 15) is 4.79 Å². The molecule has 0 radical (unpaired) electrons. The maximum Gasteiger partial charge on any atom is 0.259 e. The summed E-state index contributed by atoms with van der Waals surface area (Å²) >= 11 is 0. The highest BCUT2D eigenvalue weighted by Crippen LogP contribution is 2.33. The summed E-state index contributed by atoms with van der Waals surface area (Å²) in [6.07, 6.45) is 1.73. The van der Waals surface area contributed by atoms with Crippen molar-refractivity contribution < 1.29 is 19.0 Å². The quantitative estimate of drug-likeness (QED) is 0.248. The molecule has 5 aromatic rings. The van der Waals surface area contributed by atoms with Gasteiger partial charge in [-0.15, -0.1) is 0 Å². The molecule has 0 aliphatic heterocycles. The first-order valence-corrected chi connectivity index (χ1v) is 12.1. The van der Waals surface area contributed by atoms with Crippen molar-refractivity contribution in [1.29, 1.82) is 0 Å². The van der Waals surface area contributed by atoms with Crippen molar-refractivity contribution >= 4 is 11.6 Å². The number of aromatic nitrogens is 2. The molecule has 0 saturated heterocycles. The molecule has 38 heavy (non-hydrogen) atoms. The molecule has 7 heteroatoms. The number of carbonyl (C=O) groups is 1. The van der Waals surface area contributed by atoms with Gasteiger partial charge >= 0.3 is 0 Å². The van der Waals surface area contributed by atoms with Gasteiger partial charge in [-0.05, 0) is 61.0 Å². The van der Waals surface area contributed by atoms with Crippen LogP contribution in [0.2, 0.25) is 0 Å². The molecule has 1 amide bonds. The van der Waals surface area contributed by atoms with Crippen molar-refractivity contribution in [2.24, 2.45) is 0 Å². The number of aryl methyl sites for hydroxylation is 1. The van der Waals surface area contributed by atoms with Gasteiger partial charge in [0.15, 0.2) is 11.5 Å². The zero-order valence-electron chi connectivity index (χ0n) is 21.3. The first kappa shape index (κ1) is 24.6. The summed E-state index contributed by atoms with van der Waals surface area (Å²) in [5.74, 6) is 2.18. The Morgan fingerprint density at radius 2 is 1.58 bits per heavy atom. The van der Waals surface area contributed by atoms with E-state index < -0.39 is 0 Å². The topological polar surface area (TPSA) is 74.6 Å². The molecule has 0 spiro atoms. The molecule has 7 nitrogen and oxygen atoms in total. The number of anilines is 1. The molecule has 0 bridgehead atoms. The van der Waals surface area contributed by atoms with Gasteiger partial charge < -0.3 is 19.5 Å². The van der Waals surface area contributed by atoms with Crippen LogP contribution >= 0.6 is 0 Å². The molecule has 0 fully saturated rings. The maximum absolute atomic E-state index is 13.6. The second kappa shape index (κ2) is 10.9. The number of nitrogens with zero attached hydrogens (tertiary/aromatic N) is 2. The lowest BCUT2D eigenvalue weighted by molar-refractivity contribution is 0.102. The highest BCUT2D eigenvalue weighted by molar-refractivity contribution is 6.08. The second-order valence-electron chi connectivity index (χ2n) is 8.64. The monoisotopic (exact) mass is 505 g/mol. The molecule has 0 saturated carbocycles. The molecular weight excluding hydrogens is 478 g/mol. The van der Waals surface area contributed by atoms with E-state index in [1.807, 2.05) is 97.9 Å². The van der Waals surface area contributed by atoms with E-state index in [1.54, 1.807) is 31.2 Å². The summed E-state index contributed by atoms with van der Waals surface area (Å²) in [5.41, 5.74) is 4.24. The number of amides is 1. The normalized spacial score (nSPS) is 10.6. The van der Waals surface area contributed by atoms with Crippen molar-refractivity contribution in [2.45, 2.75) is 6.92 Å². The lowest BCUT2D eigenvalue weighted by atomic mass is 10.1. The predicted molar refractivity (Wildman–Crippen MR) is 148 cm³/mol. The fourth-order valence-electron chi connectivity index (χ4n) is 4.06. The molecule has 0 unspecified atom stereocenters. The van der Waals surface area contributed by atoms with E-state index in [1.165, 1.54) is 0 Å². The van der Waals surface area contributed by atoms with Crippen LogP contribution in [-0.2, 0) is 0 Å². The summed E-state index contributed by atoms with van der Waals surface area (Å²) in [6, 6.07) is 30.1. The third kappa shape index (κ3) is 5.37. The largest absolute Gasteiger partial charge is 0.497 e. The minimum atomic E-state index is -0.296. The van der Waals surface area contributed by atoms with Crippen LogP contribution in [-0.4, -0.2) is 29.9 Å². The lowest BCUT2D eigenvalue weighted by Gasteiger charge is -2.12. The number of hydrogen-bond acceptors (Lipinski definition) is 5. The van der Waals surface area contributed by atoms with Crippen molar-refractivity contribution in [3.05, 3.63) is 114 Å². The van der Waals surface area contributed by atoms with Gasteiger partial charge in [0, 0.05) is 23.5 Å². The van der Waals surface area contributed by atoms with Gasteiger partial charge in [-0.2, -0.15) is 5.10 Å². The van der Waals surface area contributed by atoms with Gasteiger partial charge in [0.1, 0.15) is 17.2 Å².